The molecular formula is C17H16ClF2N. The van der Waals surface area contributed by atoms with E-state index in [1.807, 2.05) is 25.2 Å². The number of rotatable bonds is 4. The molecule has 0 aromatic heterocycles. The zero-order chi connectivity index (χ0) is 15.0. The van der Waals surface area contributed by atoms with Gasteiger partial charge in [-0.15, -0.1) is 0 Å². The van der Waals surface area contributed by atoms with Crippen molar-refractivity contribution in [3.05, 3.63) is 70.2 Å². The fraction of sp³-hybridized carbons (Fsp3) is 0.294. The summed E-state index contributed by atoms with van der Waals surface area (Å²) in [5.74, 6) is -0.979. The molecule has 3 unspecified atom stereocenters. The molecule has 0 amide bonds. The van der Waals surface area contributed by atoms with Crippen LogP contribution in [0.3, 0.4) is 0 Å². The van der Waals surface area contributed by atoms with Gasteiger partial charge in [0.05, 0.1) is 0 Å². The first-order valence-electron chi connectivity index (χ1n) is 6.98. The lowest BCUT2D eigenvalue weighted by molar-refractivity contribution is 0.488. The van der Waals surface area contributed by atoms with Crippen LogP contribution in [-0.2, 0) is 0 Å². The predicted octanol–water partition coefficient (Wildman–Crippen LogP) is 4.68. The van der Waals surface area contributed by atoms with Crippen LogP contribution in [0.15, 0.2) is 42.5 Å². The molecule has 0 bridgehead atoms. The molecule has 1 N–H and O–H groups in total. The van der Waals surface area contributed by atoms with E-state index in [1.165, 1.54) is 11.6 Å². The molecule has 0 aliphatic heterocycles. The zero-order valence-corrected chi connectivity index (χ0v) is 12.4. The summed E-state index contributed by atoms with van der Waals surface area (Å²) >= 11 is 6.09. The van der Waals surface area contributed by atoms with Crippen molar-refractivity contribution in [1.82, 2.24) is 5.32 Å². The van der Waals surface area contributed by atoms with Crippen LogP contribution in [-0.4, -0.2) is 7.05 Å². The monoisotopic (exact) mass is 307 g/mol. The highest BCUT2D eigenvalue weighted by Crippen LogP contribution is 2.54. The summed E-state index contributed by atoms with van der Waals surface area (Å²) < 4.78 is 26.7. The Morgan fingerprint density at radius 2 is 1.81 bits per heavy atom. The second kappa shape index (κ2) is 5.74. The number of hydrogen-bond acceptors (Lipinski definition) is 1. The maximum atomic E-state index is 13.5. The number of nitrogens with one attached hydrogen (secondary N) is 1. The Morgan fingerprint density at radius 1 is 1.14 bits per heavy atom. The highest BCUT2D eigenvalue weighted by molar-refractivity contribution is 6.31. The van der Waals surface area contributed by atoms with Crippen LogP contribution < -0.4 is 5.32 Å². The van der Waals surface area contributed by atoms with Crippen LogP contribution in [0.25, 0.3) is 0 Å². The highest BCUT2D eigenvalue weighted by atomic mass is 35.5. The number of hydrogen-bond donors (Lipinski definition) is 1. The van der Waals surface area contributed by atoms with Crippen molar-refractivity contribution in [3.63, 3.8) is 0 Å². The third-order valence-electron chi connectivity index (χ3n) is 4.18. The van der Waals surface area contributed by atoms with Gasteiger partial charge in [-0.05, 0) is 48.6 Å². The van der Waals surface area contributed by atoms with Gasteiger partial charge in [0.2, 0.25) is 0 Å². The smallest absolute Gasteiger partial charge is 0.160 e. The lowest BCUT2D eigenvalue weighted by atomic mass is 9.98. The van der Waals surface area contributed by atoms with Gasteiger partial charge in [-0.3, -0.25) is 0 Å². The van der Waals surface area contributed by atoms with Gasteiger partial charge in [-0.2, -0.15) is 0 Å². The summed E-state index contributed by atoms with van der Waals surface area (Å²) in [4.78, 5) is 0. The van der Waals surface area contributed by atoms with E-state index in [2.05, 4.69) is 17.4 Å². The molecule has 3 atom stereocenters. The topological polar surface area (TPSA) is 12.0 Å². The molecule has 0 radical (unpaired) electrons. The van der Waals surface area contributed by atoms with Crippen LogP contribution in [0.1, 0.15) is 29.5 Å². The van der Waals surface area contributed by atoms with Gasteiger partial charge in [0, 0.05) is 11.1 Å². The second-order valence-corrected chi connectivity index (χ2v) is 5.88. The largest absolute Gasteiger partial charge is 0.313 e. The van der Waals surface area contributed by atoms with Gasteiger partial charge < -0.3 is 5.32 Å². The molecule has 1 aliphatic rings. The summed E-state index contributed by atoms with van der Waals surface area (Å²) in [6, 6.07) is 12.4. The van der Waals surface area contributed by atoms with Crippen molar-refractivity contribution < 1.29 is 8.78 Å². The minimum Gasteiger partial charge on any atom is -0.313 e. The standard InChI is InChI=1S/C17H16ClF2N/c1-21-17(13-8-15(19)16(20)9-14(13)18)12-7-11(12)10-5-3-2-4-6-10/h2-6,8-9,11-12,17,21H,7H2,1H3. The van der Waals surface area contributed by atoms with E-state index < -0.39 is 11.6 Å². The summed E-state index contributed by atoms with van der Waals surface area (Å²) in [5, 5.41) is 3.46. The first-order chi connectivity index (χ1) is 10.1. The molecule has 1 nitrogen and oxygen atoms in total. The van der Waals surface area contributed by atoms with Crippen LogP contribution in [0, 0.1) is 17.6 Å². The lowest BCUT2D eigenvalue weighted by Crippen LogP contribution is -2.20. The SMILES string of the molecule is CNC(c1cc(F)c(F)cc1Cl)C1CC1c1ccccc1. The maximum absolute atomic E-state index is 13.5. The van der Waals surface area contributed by atoms with Gasteiger partial charge in [-0.1, -0.05) is 41.9 Å². The molecular weight excluding hydrogens is 292 g/mol. The Kier molecular flexibility index (Phi) is 3.96. The van der Waals surface area contributed by atoms with Crippen molar-refractivity contribution in [2.24, 2.45) is 5.92 Å². The predicted molar refractivity (Wildman–Crippen MR) is 80.5 cm³/mol. The highest BCUT2D eigenvalue weighted by Gasteiger charge is 2.44. The third-order valence-corrected chi connectivity index (χ3v) is 4.51. The molecule has 21 heavy (non-hydrogen) atoms. The van der Waals surface area contributed by atoms with E-state index in [0.717, 1.165) is 12.5 Å². The van der Waals surface area contributed by atoms with E-state index in [0.29, 0.717) is 17.4 Å². The Bertz CT molecular complexity index is 645. The first-order valence-corrected chi connectivity index (χ1v) is 7.36. The van der Waals surface area contributed by atoms with E-state index in [1.54, 1.807) is 0 Å². The lowest BCUT2D eigenvalue weighted by Gasteiger charge is -2.18. The van der Waals surface area contributed by atoms with Crippen molar-refractivity contribution in [1.29, 1.82) is 0 Å². The van der Waals surface area contributed by atoms with E-state index in [9.17, 15) is 8.78 Å². The molecule has 0 saturated heterocycles. The average Bonchev–Trinajstić information content (AvgIpc) is 3.26. The molecule has 0 heterocycles. The molecule has 1 saturated carbocycles. The van der Waals surface area contributed by atoms with Crippen LogP contribution in [0.2, 0.25) is 5.02 Å². The molecule has 0 spiro atoms. The van der Waals surface area contributed by atoms with Crippen LogP contribution in [0.4, 0.5) is 8.78 Å². The Morgan fingerprint density at radius 3 is 2.48 bits per heavy atom. The van der Waals surface area contributed by atoms with Gasteiger partial charge in [0.25, 0.3) is 0 Å². The van der Waals surface area contributed by atoms with Crippen molar-refractivity contribution in [2.75, 3.05) is 7.05 Å². The Labute approximate surface area is 127 Å². The van der Waals surface area contributed by atoms with Gasteiger partial charge >= 0.3 is 0 Å². The van der Waals surface area contributed by atoms with Crippen molar-refractivity contribution in [3.8, 4) is 0 Å². The molecule has 1 aliphatic carbocycles. The number of benzene rings is 2. The minimum absolute atomic E-state index is 0.0715. The molecule has 1 fully saturated rings. The normalized spacial score (nSPS) is 22.1. The summed E-state index contributed by atoms with van der Waals surface area (Å²) in [6.07, 6.45) is 1.02. The second-order valence-electron chi connectivity index (χ2n) is 5.47. The van der Waals surface area contributed by atoms with Crippen LogP contribution in [0.5, 0.6) is 0 Å². The third kappa shape index (κ3) is 2.81. The summed E-state index contributed by atoms with van der Waals surface area (Å²) in [7, 11) is 1.82. The summed E-state index contributed by atoms with van der Waals surface area (Å²) in [5.41, 5.74) is 1.91. The maximum Gasteiger partial charge on any atom is 0.160 e. The molecule has 4 heteroatoms. The van der Waals surface area contributed by atoms with E-state index >= 15 is 0 Å². The minimum atomic E-state index is -0.908. The molecule has 3 rings (SSSR count). The van der Waals surface area contributed by atoms with Crippen LogP contribution >= 0.6 is 11.6 Å². The zero-order valence-electron chi connectivity index (χ0n) is 11.6. The van der Waals surface area contributed by atoms with E-state index in [4.69, 9.17) is 11.6 Å². The quantitative estimate of drug-likeness (QED) is 0.809. The Balaban J connectivity index is 1.86. The molecule has 2 aromatic rings. The molecule has 110 valence electrons. The average molecular weight is 308 g/mol. The van der Waals surface area contributed by atoms with Gasteiger partial charge in [0.15, 0.2) is 11.6 Å². The van der Waals surface area contributed by atoms with Gasteiger partial charge in [-0.25, -0.2) is 8.78 Å². The van der Waals surface area contributed by atoms with Crippen molar-refractivity contribution in [2.45, 2.75) is 18.4 Å². The fourth-order valence-corrected chi connectivity index (χ4v) is 3.31. The fourth-order valence-electron chi connectivity index (χ4n) is 3.04. The summed E-state index contributed by atoms with van der Waals surface area (Å²) in [6.45, 7) is 0. The number of halogens is 3. The molecule has 2 aromatic carbocycles. The van der Waals surface area contributed by atoms with Crippen molar-refractivity contribution >= 4 is 11.6 Å². The first kappa shape index (κ1) is 14.5. The Hall–Kier alpha value is -1.45. The van der Waals surface area contributed by atoms with Gasteiger partial charge in [0.1, 0.15) is 0 Å². The van der Waals surface area contributed by atoms with E-state index in [-0.39, 0.29) is 11.1 Å².